The molecule has 0 saturated carbocycles. The van der Waals surface area contributed by atoms with Crippen molar-refractivity contribution < 1.29 is 26.7 Å². The molecule has 0 fully saturated rings. The Morgan fingerprint density at radius 3 is 2.41 bits per heavy atom. The summed E-state index contributed by atoms with van der Waals surface area (Å²) in [4.78, 5) is -0.437. The first-order valence-corrected chi connectivity index (χ1v) is 6.36. The standard InChI is InChI=1S/C10H11F3O3S/c1-7(14)6-17(15,16)9-4-2-3-8(5-9)10(11,12)13/h2-5,7,14H,6H2,1H3. The summed E-state index contributed by atoms with van der Waals surface area (Å²) in [5, 5.41) is 8.98. The van der Waals surface area contributed by atoms with Crippen LogP contribution in [0.4, 0.5) is 13.2 Å². The predicted octanol–water partition coefficient (Wildman–Crippen LogP) is 1.86. The van der Waals surface area contributed by atoms with Crippen molar-refractivity contribution in [3.8, 4) is 0 Å². The lowest BCUT2D eigenvalue weighted by Gasteiger charge is -2.10. The van der Waals surface area contributed by atoms with Crippen molar-refractivity contribution in [3.63, 3.8) is 0 Å². The molecule has 0 bridgehead atoms. The Labute approximate surface area is 96.8 Å². The van der Waals surface area contributed by atoms with Crippen LogP contribution in [0.5, 0.6) is 0 Å². The molecular weight excluding hydrogens is 257 g/mol. The van der Waals surface area contributed by atoms with Gasteiger partial charge in [0.15, 0.2) is 9.84 Å². The Morgan fingerprint density at radius 1 is 1.35 bits per heavy atom. The van der Waals surface area contributed by atoms with Gasteiger partial charge in [0.1, 0.15) is 0 Å². The first-order valence-electron chi connectivity index (χ1n) is 4.71. The van der Waals surface area contributed by atoms with Crippen molar-refractivity contribution >= 4 is 9.84 Å². The molecule has 0 saturated heterocycles. The van der Waals surface area contributed by atoms with Gasteiger partial charge >= 0.3 is 6.18 Å². The molecule has 17 heavy (non-hydrogen) atoms. The highest BCUT2D eigenvalue weighted by Crippen LogP contribution is 2.30. The highest BCUT2D eigenvalue weighted by molar-refractivity contribution is 7.91. The second-order valence-electron chi connectivity index (χ2n) is 3.66. The van der Waals surface area contributed by atoms with E-state index in [1.165, 1.54) is 6.92 Å². The number of halogens is 3. The molecule has 1 rings (SSSR count). The fourth-order valence-corrected chi connectivity index (χ4v) is 2.70. The van der Waals surface area contributed by atoms with Gasteiger partial charge in [-0.25, -0.2) is 8.42 Å². The first kappa shape index (κ1) is 14.0. The Balaban J connectivity index is 3.17. The third-order valence-corrected chi connectivity index (χ3v) is 3.87. The lowest BCUT2D eigenvalue weighted by atomic mass is 10.2. The van der Waals surface area contributed by atoms with Crippen LogP contribution >= 0.6 is 0 Å². The average molecular weight is 268 g/mol. The first-order chi connectivity index (χ1) is 7.63. The molecule has 7 heteroatoms. The van der Waals surface area contributed by atoms with Crippen LogP contribution in [0, 0.1) is 0 Å². The van der Waals surface area contributed by atoms with E-state index in [-0.39, 0.29) is 0 Å². The highest BCUT2D eigenvalue weighted by atomic mass is 32.2. The van der Waals surface area contributed by atoms with Gasteiger partial charge in [-0.3, -0.25) is 0 Å². The molecule has 0 aliphatic heterocycles. The quantitative estimate of drug-likeness (QED) is 0.910. The monoisotopic (exact) mass is 268 g/mol. The summed E-state index contributed by atoms with van der Waals surface area (Å²) in [7, 11) is -3.89. The molecule has 0 amide bonds. The number of sulfone groups is 1. The van der Waals surface area contributed by atoms with Gasteiger partial charge in [0, 0.05) is 0 Å². The maximum atomic E-state index is 12.4. The Morgan fingerprint density at radius 2 is 1.94 bits per heavy atom. The number of aliphatic hydroxyl groups is 1. The van der Waals surface area contributed by atoms with E-state index in [0.717, 1.165) is 18.2 Å². The van der Waals surface area contributed by atoms with Crippen LogP contribution in [0.1, 0.15) is 12.5 Å². The smallest absolute Gasteiger partial charge is 0.392 e. The molecule has 3 nitrogen and oxygen atoms in total. The molecule has 0 heterocycles. The summed E-state index contributed by atoms with van der Waals surface area (Å²) in [6.07, 6.45) is -5.72. The van der Waals surface area contributed by atoms with E-state index in [4.69, 9.17) is 5.11 Å². The van der Waals surface area contributed by atoms with Crippen molar-refractivity contribution in [1.82, 2.24) is 0 Å². The summed E-state index contributed by atoms with van der Waals surface area (Å²) >= 11 is 0. The van der Waals surface area contributed by atoms with Crippen LogP contribution in [0.2, 0.25) is 0 Å². The summed E-state index contributed by atoms with van der Waals surface area (Å²) in [5.41, 5.74) is -1.02. The van der Waals surface area contributed by atoms with Gasteiger partial charge in [-0.2, -0.15) is 13.2 Å². The number of rotatable bonds is 3. The third-order valence-electron chi connectivity index (χ3n) is 1.98. The molecule has 0 aliphatic carbocycles. The maximum absolute atomic E-state index is 12.4. The third kappa shape index (κ3) is 3.71. The van der Waals surface area contributed by atoms with Crippen LogP contribution in [0.15, 0.2) is 29.2 Å². The highest BCUT2D eigenvalue weighted by Gasteiger charge is 2.31. The topological polar surface area (TPSA) is 54.4 Å². The van der Waals surface area contributed by atoms with Crippen molar-refractivity contribution in [1.29, 1.82) is 0 Å². The molecule has 1 unspecified atom stereocenters. The van der Waals surface area contributed by atoms with Gasteiger partial charge in [-0.1, -0.05) is 6.07 Å². The fourth-order valence-electron chi connectivity index (χ4n) is 1.28. The normalized spacial score (nSPS) is 14.6. The molecule has 1 aromatic carbocycles. The van der Waals surface area contributed by atoms with Gasteiger partial charge in [-0.05, 0) is 25.1 Å². The predicted molar refractivity (Wildman–Crippen MR) is 55.2 cm³/mol. The van der Waals surface area contributed by atoms with Gasteiger partial charge in [0.2, 0.25) is 0 Å². The Kier molecular flexibility index (Phi) is 3.83. The van der Waals surface area contributed by atoms with Crippen LogP contribution in [0.25, 0.3) is 0 Å². The van der Waals surface area contributed by atoms with Crippen LogP contribution in [0.3, 0.4) is 0 Å². The van der Waals surface area contributed by atoms with E-state index < -0.39 is 38.3 Å². The van der Waals surface area contributed by atoms with E-state index in [2.05, 4.69) is 0 Å². The van der Waals surface area contributed by atoms with Crippen LogP contribution < -0.4 is 0 Å². The van der Waals surface area contributed by atoms with Gasteiger partial charge in [-0.15, -0.1) is 0 Å². The molecule has 1 N–H and O–H groups in total. The zero-order valence-electron chi connectivity index (χ0n) is 8.90. The van der Waals surface area contributed by atoms with E-state index in [1.54, 1.807) is 0 Å². The van der Waals surface area contributed by atoms with Gasteiger partial charge < -0.3 is 5.11 Å². The van der Waals surface area contributed by atoms with Crippen molar-refractivity contribution in [2.75, 3.05) is 5.75 Å². The lowest BCUT2D eigenvalue weighted by Crippen LogP contribution is -2.18. The van der Waals surface area contributed by atoms with E-state index >= 15 is 0 Å². The summed E-state index contributed by atoms with van der Waals surface area (Å²) in [6.45, 7) is 1.26. The summed E-state index contributed by atoms with van der Waals surface area (Å²) in [6, 6.07) is 3.46. The molecule has 0 aliphatic rings. The minimum Gasteiger partial charge on any atom is -0.392 e. The summed E-state index contributed by atoms with van der Waals surface area (Å²) in [5.74, 6) is -0.603. The zero-order valence-corrected chi connectivity index (χ0v) is 9.72. The van der Waals surface area contributed by atoms with E-state index in [0.29, 0.717) is 6.07 Å². The SMILES string of the molecule is CC(O)CS(=O)(=O)c1cccc(C(F)(F)F)c1. The van der Waals surface area contributed by atoms with Crippen molar-refractivity contribution in [2.24, 2.45) is 0 Å². The van der Waals surface area contributed by atoms with E-state index in [1.807, 2.05) is 0 Å². The number of hydrogen-bond donors (Lipinski definition) is 1. The zero-order chi connectivity index (χ0) is 13.3. The molecule has 0 aromatic heterocycles. The Bertz CT molecular complexity index is 492. The lowest BCUT2D eigenvalue weighted by molar-refractivity contribution is -0.137. The number of benzene rings is 1. The van der Waals surface area contributed by atoms with Crippen molar-refractivity contribution in [3.05, 3.63) is 29.8 Å². The second-order valence-corrected chi connectivity index (χ2v) is 5.69. The minimum absolute atomic E-state index is 0.437. The minimum atomic E-state index is -4.59. The number of aliphatic hydroxyl groups excluding tert-OH is 1. The van der Waals surface area contributed by atoms with E-state index in [9.17, 15) is 21.6 Å². The fraction of sp³-hybridized carbons (Fsp3) is 0.400. The molecule has 1 aromatic rings. The van der Waals surface area contributed by atoms with Crippen LogP contribution in [-0.4, -0.2) is 25.4 Å². The average Bonchev–Trinajstić information content (AvgIpc) is 2.14. The largest absolute Gasteiger partial charge is 0.416 e. The van der Waals surface area contributed by atoms with Crippen LogP contribution in [-0.2, 0) is 16.0 Å². The number of hydrogen-bond acceptors (Lipinski definition) is 3. The maximum Gasteiger partial charge on any atom is 0.416 e. The molecule has 1 atom stereocenters. The van der Waals surface area contributed by atoms with Gasteiger partial charge in [0.05, 0.1) is 22.3 Å². The molecule has 96 valence electrons. The molecule has 0 radical (unpaired) electrons. The second kappa shape index (κ2) is 4.66. The molecular formula is C10H11F3O3S. The van der Waals surface area contributed by atoms with Crippen molar-refractivity contribution in [2.45, 2.75) is 24.1 Å². The molecule has 0 spiro atoms. The number of alkyl halides is 3. The van der Waals surface area contributed by atoms with Gasteiger partial charge in [0.25, 0.3) is 0 Å². The summed E-state index contributed by atoms with van der Waals surface area (Å²) < 4.78 is 60.3. The Hall–Kier alpha value is -1.08.